The van der Waals surface area contributed by atoms with E-state index in [1.54, 1.807) is 24.3 Å². The maximum Gasteiger partial charge on any atom is 0.282 e. The number of nitro groups is 1. The number of hydrogen-bond acceptors (Lipinski definition) is 4. The van der Waals surface area contributed by atoms with Crippen LogP contribution in [0.4, 0.5) is 5.69 Å². The van der Waals surface area contributed by atoms with Crippen LogP contribution in [0.1, 0.15) is 22.8 Å². The van der Waals surface area contributed by atoms with Crippen LogP contribution in [0.2, 0.25) is 5.02 Å². The zero-order valence-corrected chi connectivity index (χ0v) is 13.1. The largest absolute Gasteiger partial charge is 0.384 e. The topological polar surface area (TPSA) is 92.5 Å². The van der Waals surface area contributed by atoms with E-state index in [9.17, 15) is 20.0 Å². The first-order chi connectivity index (χ1) is 10.8. The number of rotatable bonds is 5. The molecule has 0 aliphatic carbocycles. The third-order valence-corrected chi connectivity index (χ3v) is 3.72. The van der Waals surface area contributed by atoms with E-state index < -0.39 is 16.4 Å². The highest BCUT2D eigenvalue weighted by atomic mass is 35.5. The summed E-state index contributed by atoms with van der Waals surface area (Å²) in [6.45, 7) is 1.37. The minimum absolute atomic E-state index is 0.0625. The fourth-order valence-electron chi connectivity index (χ4n) is 2.17. The van der Waals surface area contributed by atoms with Crippen molar-refractivity contribution in [1.29, 1.82) is 0 Å². The summed E-state index contributed by atoms with van der Waals surface area (Å²) in [5.41, 5.74) is -1.29. The molecule has 0 unspecified atom stereocenters. The van der Waals surface area contributed by atoms with Crippen LogP contribution in [-0.4, -0.2) is 22.5 Å². The molecule has 2 aromatic carbocycles. The molecule has 0 aromatic heterocycles. The van der Waals surface area contributed by atoms with Gasteiger partial charge in [-0.05, 0) is 19.1 Å². The molecule has 7 heteroatoms. The van der Waals surface area contributed by atoms with E-state index in [2.05, 4.69) is 5.32 Å². The Labute approximate surface area is 137 Å². The first-order valence-electron chi connectivity index (χ1n) is 6.82. The van der Waals surface area contributed by atoms with Gasteiger partial charge in [-0.25, -0.2) is 0 Å². The van der Waals surface area contributed by atoms with Gasteiger partial charge in [-0.1, -0.05) is 41.9 Å². The van der Waals surface area contributed by atoms with Gasteiger partial charge in [0.2, 0.25) is 0 Å². The lowest BCUT2D eigenvalue weighted by Crippen LogP contribution is -2.39. The highest BCUT2D eigenvalue weighted by Crippen LogP contribution is 2.27. The highest BCUT2D eigenvalue weighted by molar-refractivity contribution is 6.31. The lowest BCUT2D eigenvalue weighted by Gasteiger charge is -2.25. The van der Waals surface area contributed by atoms with E-state index >= 15 is 0 Å². The van der Waals surface area contributed by atoms with Crippen LogP contribution in [0.25, 0.3) is 0 Å². The molecule has 0 radical (unpaired) electrons. The number of carbonyl (C=O) groups excluding carboxylic acids is 1. The van der Waals surface area contributed by atoms with Crippen molar-refractivity contribution < 1.29 is 14.8 Å². The van der Waals surface area contributed by atoms with E-state index in [-0.39, 0.29) is 17.8 Å². The molecule has 0 saturated heterocycles. The predicted molar refractivity (Wildman–Crippen MR) is 86.5 cm³/mol. The molecule has 0 fully saturated rings. The molecule has 2 rings (SSSR count). The van der Waals surface area contributed by atoms with Crippen molar-refractivity contribution in [2.24, 2.45) is 0 Å². The molecule has 0 saturated carbocycles. The molecule has 0 heterocycles. The van der Waals surface area contributed by atoms with Crippen LogP contribution in [0.15, 0.2) is 48.5 Å². The molecule has 0 aliphatic heterocycles. The molecule has 120 valence electrons. The molecule has 0 aliphatic rings. The van der Waals surface area contributed by atoms with Crippen LogP contribution in [0.5, 0.6) is 0 Å². The zero-order chi connectivity index (χ0) is 17.0. The minimum Gasteiger partial charge on any atom is -0.384 e. The molecular weight excluding hydrogens is 320 g/mol. The first-order valence-corrected chi connectivity index (χ1v) is 7.20. The van der Waals surface area contributed by atoms with Gasteiger partial charge in [0.25, 0.3) is 11.6 Å². The monoisotopic (exact) mass is 334 g/mol. The number of para-hydroxylation sites is 1. The molecule has 1 amide bonds. The van der Waals surface area contributed by atoms with E-state index in [1.165, 1.54) is 31.2 Å². The molecule has 1 atom stereocenters. The Kier molecular flexibility index (Phi) is 4.98. The summed E-state index contributed by atoms with van der Waals surface area (Å²) >= 11 is 6.05. The molecule has 0 spiro atoms. The van der Waals surface area contributed by atoms with Crippen LogP contribution in [0, 0.1) is 10.1 Å². The Morgan fingerprint density at radius 2 is 1.87 bits per heavy atom. The number of nitro benzene ring substituents is 1. The predicted octanol–water partition coefficient (Wildman–Crippen LogP) is 2.89. The fraction of sp³-hybridized carbons (Fsp3) is 0.188. The summed E-state index contributed by atoms with van der Waals surface area (Å²) in [5, 5.41) is 24.3. The Bertz CT molecular complexity index is 746. The Balaban J connectivity index is 2.16. The normalized spacial score (nSPS) is 13.2. The van der Waals surface area contributed by atoms with E-state index in [4.69, 9.17) is 11.6 Å². The van der Waals surface area contributed by atoms with Crippen LogP contribution in [-0.2, 0) is 5.60 Å². The second-order valence-corrected chi connectivity index (χ2v) is 5.62. The maximum absolute atomic E-state index is 12.2. The van der Waals surface area contributed by atoms with E-state index in [0.29, 0.717) is 10.6 Å². The van der Waals surface area contributed by atoms with Gasteiger partial charge in [-0.2, -0.15) is 0 Å². The van der Waals surface area contributed by atoms with Gasteiger partial charge in [-0.3, -0.25) is 14.9 Å². The number of carbonyl (C=O) groups is 1. The number of halogens is 1. The first kappa shape index (κ1) is 16.9. The van der Waals surface area contributed by atoms with Crippen molar-refractivity contribution in [3.63, 3.8) is 0 Å². The quantitative estimate of drug-likeness (QED) is 0.649. The minimum atomic E-state index is -1.41. The van der Waals surface area contributed by atoms with Gasteiger partial charge in [0.1, 0.15) is 11.2 Å². The smallest absolute Gasteiger partial charge is 0.282 e. The van der Waals surface area contributed by atoms with Crippen molar-refractivity contribution in [2.75, 3.05) is 6.54 Å². The van der Waals surface area contributed by atoms with Crippen molar-refractivity contribution in [3.05, 3.63) is 74.8 Å². The summed E-state index contributed by atoms with van der Waals surface area (Å²) in [5.74, 6) is -0.635. The number of amides is 1. The lowest BCUT2D eigenvalue weighted by atomic mass is 9.96. The Morgan fingerprint density at radius 1 is 1.26 bits per heavy atom. The molecule has 6 nitrogen and oxygen atoms in total. The standard InChI is InChI=1S/C16H15ClN2O4/c1-16(21,12-7-3-4-8-13(12)17)10-18-15(20)11-6-2-5-9-14(11)19(22)23/h2-9,21H,10H2,1H3,(H,18,20)/t16-/m0/s1. The summed E-state index contributed by atoms with van der Waals surface area (Å²) in [7, 11) is 0. The SMILES string of the molecule is C[C@](O)(CNC(=O)c1ccccc1[N+](=O)[O-])c1ccccc1Cl. The van der Waals surface area contributed by atoms with Crippen LogP contribution >= 0.6 is 11.6 Å². The fourth-order valence-corrected chi connectivity index (χ4v) is 2.50. The van der Waals surface area contributed by atoms with Gasteiger partial charge < -0.3 is 10.4 Å². The van der Waals surface area contributed by atoms with Gasteiger partial charge in [-0.15, -0.1) is 0 Å². The number of nitrogens with one attached hydrogen (secondary N) is 1. The second kappa shape index (κ2) is 6.76. The summed E-state index contributed by atoms with van der Waals surface area (Å²) in [6.07, 6.45) is 0. The lowest BCUT2D eigenvalue weighted by molar-refractivity contribution is -0.385. The van der Waals surface area contributed by atoms with Gasteiger partial charge in [0.05, 0.1) is 11.5 Å². The number of benzene rings is 2. The van der Waals surface area contributed by atoms with Crippen molar-refractivity contribution in [3.8, 4) is 0 Å². The average molecular weight is 335 g/mol. The van der Waals surface area contributed by atoms with Gasteiger partial charge in [0.15, 0.2) is 0 Å². The van der Waals surface area contributed by atoms with Crippen molar-refractivity contribution >= 4 is 23.2 Å². The number of aliphatic hydroxyl groups is 1. The van der Waals surface area contributed by atoms with E-state index in [1.807, 2.05) is 0 Å². The Morgan fingerprint density at radius 3 is 2.52 bits per heavy atom. The molecule has 23 heavy (non-hydrogen) atoms. The zero-order valence-electron chi connectivity index (χ0n) is 12.3. The van der Waals surface area contributed by atoms with E-state index in [0.717, 1.165) is 0 Å². The summed E-state index contributed by atoms with van der Waals surface area (Å²) in [4.78, 5) is 22.5. The van der Waals surface area contributed by atoms with Gasteiger partial charge in [0, 0.05) is 16.7 Å². The third-order valence-electron chi connectivity index (χ3n) is 3.39. The molecule has 2 N–H and O–H groups in total. The third kappa shape index (κ3) is 3.85. The average Bonchev–Trinajstić information content (AvgIpc) is 2.53. The molecule has 0 bridgehead atoms. The summed E-state index contributed by atoms with van der Waals surface area (Å²) < 4.78 is 0. The van der Waals surface area contributed by atoms with Gasteiger partial charge >= 0.3 is 0 Å². The van der Waals surface area contributed by atoms with Crippen molar-refractivity contribution in [1.82, 2.24) is 5.32 Å². The second-order valence-electron chi connectivity index (χ2n) is 5.21. The van der Waals surface area contributed by atoms with Crippen LogP contribution < -0.4 is 5.32 Å². The Hall–Kier alpha value is -2.44. The number of hydrogen-bond donors (Lipinski definition) is 2. The molecule has 2 aromatic rings. The maximum atomic E-state index is 12.2. The number of nitrogens with zero attached hydrogens (tertiary/aromatic N) is 1. The van der Waals surface area contributed by atoms with Crippen LogP contribution in [0.3, 0.4) is 0 Å². The molecular formula is C16H15ClN2O4. The summed E-state index contributed by atoms with van der Waals surface area (Å²) in [6, 6.07) is 12.4. The van der Waals surface area contributed by atoms with Crippen molar-refractivity contribution in [2.45, 2.75) is 12.5 Å². The highest BCUT2D eigenvalue weighted by Gasteiger charge is 2.27.